The molecule has 2 amide bonds. The number of anilines is 2. The number of hydrogen-bond acceptors (Lipinski definition) is 5. The number of halogens is 1. The third-order valence-corrected chi connectivity index (χ3v) is 5.79. The fourth-order valence-electron chi connectivity index (χ4n) is 3.95. The standard InChI is InChI=1S/C25H26FN5O2/c1-16-21(24(32)29-19-10-8-18(26)9-11-19)15-27-23(28-16)22-5-4-14-31(22)25(33)17-6-12-20(13-7-17)30(2)3/h6-13,15,22H,4-5,14H2,1-3H3,(H,29,32)/t22-/m0/s1. The van der Waals surface area contributed by atoms with E-state index in [1.807, 2.05) is 43.3 Å². The van der Waals surface area contributed by atoms with Crippen molar-refractivity contribution in [3.63, 3.8) is 0 Å². The number of rotatable bonds is 5. The number of hydrogen-bond donors (Lipinski definition) is 1. The highest BCUT2D eigenvalue weighted by Crippen LogP contribution is 2.32. The second-order valence-electron chi connectivity index (χ2n) is 8.29. The van der Waals surface area contributed by atoms with Gasteiger partial charge in [0.15, 0.2) is 5.82 Å². The molecule has 1 fully saturated rings. The van der Waals surface area contributed by atoms with Gasteiger partial charge in [0.1, 0.15) is 5.82 Å². The van der Waals surface area contributed by atoms with Gasteiger partial charge in [-0.3, -0.25) is 9.59 Å². The molecule has 1 aliphatic rings. The van der Waals surface area contributed by atoms with Crippen LogP contribution in [0.5, 0.6) is 0 Å². The van der Waals surface area contributed by atoms with Crippen LogP contribution < -0.4 is 10.2 Å². The lowest BCUT2D eigenvalue weighted by molar-refractivity contribution is 0.0729. The van der Waals surface area contributed by atoms with Gasteiger partial charge >= 0.3 is 0 Å². The molecule has 170 valence electrons. The Balaban J connectivity index is 1.50. The van der Waals surface area contributed by atoms with Gasteiger partial charge < -0.3 is 15.1 Å². The summed E-state index contributed by atoms with van der Waals surface area (Å²) in [4.78, 5) is 38.6. The van der Waals surface area contributed by atoms with Crippen molar-refractivity contribution in [2.45, 2.75) is 25.8 Å². The van der Waals surface area contributed by atoms with E-state index in [1.165, 1.54) is 30.5 Å². The van der Waals surface area contributed by atoms with Crippen LogP contribution in [0.25, 0.3) is 0 Å². The summed E-state index contributed by atoms with van der Waals surface area (Å²) < 4.78 is 13.1. The second kappa shape index (κ2) is 9.36. The summed E-state index contributed by atoms with van der Waals surface area (Å²) in [6.45, 7) is 2.37. The minimum atomic E-state index is -0.374. The van der Waals surface area contributed by atoms with E-state index in [0.29, 0.717) is 34.9 Å². The van der Waals surface area contributed by atoms with Crippen molar-refractivity contribution in [3.8, 4) is 0 Å². The number of nitrogens with one attached hydrogen (secondary N) is 1. The highest BCUT2D eigenvalue weighted by atomic mass is 19.1. The maximum atomic E-state index is 13.2. The number of carbonyl (C=O) groups excluding carboxylic acids is 2. The van der Waals surface area contributed by atoms with E-state index in [0.717, 1.165) is 18.5 Å². The molecule has 33 heavy (non-hydrogen) atoms. The molecule has 1 N–H and O–H groups in total. The van der Waals surface area contributed by atoms with E-state index in [1.54, 1.807) is 11.8 Å². The zero-order chi connectivity index (χ0) is 23.5. The first-order valence-corrected chi connectivity index (χ1v) is 10.8. The van der Waals surface area contributed by atoms with Crippen LogP contribution in [0.1, 0.15) is 51.1 Å². The molecule has 3 aromatic rings. The van der Waals surface area contributed by atoms with Gasteiger partial charge in [-0.1, -0.05) is 0 Å². The molecule has 4 rings (SSSR count). The molecule has 8 heteroatoms. The SMILES string of the molecule is Cc1nc([C@@H]2CCCN2C(=O)c2ccc(N(C)C)cc2)ncc1C(=O)Nc1ccc(F)cc1. The van der Waals surface area contributed by atoms with E-state index in [-0.39, 0.29) is 23.7 Å². The predicted molar refractivity (Wildman–Crippen MR) is 125 cm³/mol. The lowest BCUT2D eigenvalue weighted by Crippen LogP contribution is -2.31. The minimum Gasteiger partial charge on any atom is -0.378 e. The van der Waals surface area contributed by atoms with Crippen molar-refractivity contribution < 1.29 is 14.0 Å². The van der Waals surface area contributed by atoms with Crippen LogP contribution >= 0.6 is 0 Å². The Morgan fingerprint density at radius 3 is 2.42 bits per heavy atom. The van der Waals surface area contributed by atoms with Crippen LogP contribution in [-0.2, 0) is 0 Å². The molecular formula is C25H26FN5O2. The smallest absolute Gasteiger partial charge is 0.259 e. The van der Waals surface area contributed by atoms with Gasteiger partial charge in [-0.2, -0.15) is 0 Å². The summed E-state index contributed by atoms with van der Waals surface area (Å²) in [6.07, 6.45) is 3.12. The largest absolute Gasteiger partial charge is 0.378 e. The van der Waals surface area contributed by atoms with E-state index in [4.69, 9.17) is 0 Å². The van der Waals surface area contributed by atoms with Crippen molar-refractivity contribution in [1.29, 1.82) is 0 Å². The Hall–Kier alpha value is -3.81. The average molecular weight is 448 g/mol. The predicted octanol–water partition coefficient (Wildman–Crippen LogP) is 4.22. The fraction of sp³-hybridized carbons (Fsp3) is 0.280. The number of likely N-dealkylation sites (tertiary alicyclic amines) is 1. The monoisotopic (exact) mass is 447 g/mol. The lowest BCUT2D eigenvalue weighted by Gasteiger charge is -2.24. The van der Waals surface area contributed by atoms with Crippen LogP contribution in [0.4, 0.5) is 15.8 Å². The van der Waals surface area contributed by atoms with Gasteiger partial charge in [0.25, 0.3) is 11.8 Å². The van der Waals surface area contributed by atoms with Crippen molar-refractivity contribution >= 4 is 23.2 Å². The van der Waals surface area contributed by atoms with E-state index >= 15 is 0 Å². The van der Waals surface area contributed by atoms with Gasteiger partial charge in [0.2, 0.25) is 0 Å². The van der Waals surface area contributed by atoms with Crippen LogP contribution in [0.3, 0.4) is 0 Å². The maximum absolute atomic E-state index is 13.2. The van der Waals surface area contributed by atoms with Crippen LogP contribution in [0.2, 0.25) is 0 Å². The molecule has 0 bridgehead atoms. The van der Waals surface area contributed by atoms with Gasteiger partial charge in [-0.15, -0.1) is 0 Å². The highest BCUT2D eigenvalue weighted by molar-refractivity contribution is 6.04. The topological polar surface area (TPSA) is 78.4 Å². The zero-order valence-electron chi connectivity index (χ0n) is 18.9. The minimum absolute atomic E-state index is 0.0535. The van der Waals surface area contributed by atoms with E-state index in [2.05, 4.69) is 15.3 Å². The number of aryl methyl sites for hydroxylation is 1. The first-order valence-electron chi connectivity index (χ1n) is 10.8. The zero-order valence-corrected chi connectivity index (χ0v) is 18.9. The summed E-state index contributed by atoms with van der Waals surface area (Å²) in [6, 6.07) is 12.8. The summed E-state index contributed by atoms with van der Waals surface area (Å²) in [5, 5.41) is 2.72. The molecule has 1 saturated heterocycles. The molecule has 1 aliphatic heterocycles. The van der Waals surface area contributed by atoms with Crippen molar-refractivity contribution in [2.24, 2.45) is 0 Å². The molecule has 0 aliphatic carbocycles. The third kappa shape index (κ3) is 4.84. The Kier molecular flexibility index (Phi) is 6.35. The van der Waals surface area contributed by atoms with Crippen LogP contribution in [-0.4, -0.2) is 47.3 Å². The lowest BCUT2D eigenvalue weighted by atomic mass is 10.1. The van der Waals surface area contributed by atoms with Crippen LogP contribution in [0.15, 0.2) is 54.7 Å². The van der Waals surface area contributed by atoms with Gasteiger partial charge in [0, 0.05) is 43.8 Å². The van der Waals surface area contributed by atoms with Gasteiger partial charge in [-0.05, 0) is 68.3 Å². The van der Waals surface area contributed by atoms with Crippen molar-refractivity contribution in [2.75, 3.05) is 30.9 Å². The molecule has 7 nitrogen and oxygen atoms in total. The fourth-order valence-corrected chi connectivity index (χ4v) is 3.95. The van der Waals surface area contributed by atoms with E-state index in [9.17, 15) is 14.0 Å². The van der Waals surface area contributed by atoms with Crippen molar-refractivity contribution in [1.82, 2.24) is 14.9 Å². The first-order chi connectivity index (χ1) is 15.8. The Labute approximate surface area is 192 Å². The summed E-state index contributed by atoms with van der Waals surface area (Å²) in [5.41, 5.74) is 2.99. The molecule has 0 unspecified atom stereocenters. The maximum Gasteiger partial charge on any atom is 0.259 e. The first kappa shape index (κ1) is 22.4. The summed E-state index contributed by atoms with van der Waals surface area (Å²) in [5.74, 6) is -0.268. The third-order valence-electron chi connectivity index (χ3n) is 5.79. The summed E-state index contributed by atoms with van der Waals surface area (Å²) in [7, 11) is 3.91. The molecular weight excluding hydrogens is 421 g/mol. The Morgan fingerprint density at radius 1 is 1.09 bits per heavy atom. The molecule has 2 heterocycles. The van der Waals surface area contributed by atoms with Gasteiger partial charge in [-0.25, -0.2) is 14.4 Å². The molecule has 0 radical (unpaired) electrons. The Bertz CT molecular complexity index is 1160. The number of aromatic nitrogens is 2. The van der Waals surface area contributed by atoms with Crippen LogP contribution in [0, 0.1) is 12.7 Å². The number of benzene rings is 2. The highest BCUT2D eigenvalue weighted by Gasteiger charge is 2.33. The molecule has 0 spiro atoms. The van der Waals surface area contributed by atoms with Crippen molar-refractivity contribution in [3.05, 3.63) is 83.2 Å². The summed E-state index contributed by atoms with van der Waals surface area (Å²) >= 11 is 0. The average Bonchev–Trinajstić information content (AvgIpc) is 3.30. The molecule has 1 aromatic heterocycles. The number of carbonyl (C=O) groups is 2. The molecule has 2 aromatic carbocycles. The number of amides is 2. The number of nitrogens with zero attached hydrogens (tertiary/aromatic N) is 4. The normalized spacial score (nSPS) is 15.4. The van der Waals surface area contributed by atoms with Gasteiger partial charge in [0.05, 0.1) is 17.3 Å². The second-order valence-corrected chi connectivity index (χ2v) is 8.29. The molecule has 0 saturated carbocycles. The Morgan fingerprint density at radius 2 is 1.79 bits per heavy atom. The quantitative estimate of drug-likeness (QED) is 0.634. The molecule has 1 atom stereocenters. The van der Waals surface area contributed by atoms with E-state index < -0.39 is 0 Å².